The SMILES string of the molecule is C[Te]C(C)c1ccc(C(F)(F)F)cc1-c1ccccc1. The fourth-order valence-electron chi connectivity index (χ4n) is 2.08. The molecule has 0 fully saturated rings. The third kappa shape index (κ3) is 3.37. The first kappa shape index (κ1) is 15.4. The predicted octanol–water partition coefficient (Wildman–Crippen LogP) is 5.19. The van der Waals surface area contributed by atoms with Gasteiger partial charge in [-0.25, -0.2) is 0 Å². The molecular formula is C16H15F3Te. The van der Waals surface area contributed by atoms with Gasteiger partial charge in [-0.3, -0.25) is 0 Å². The zero-order chi connectivity index (χ0) is 14.8. The molecule has 106 valence electrons. The summed E-state index contributed by atoms with van der Waals surface area (Å²) in [6, 6.07) is 13.4. The van der Waals surface area contributed by atoms with Gasteiger partial charge in [0, 0.05) is 0 Å². The molecule has 0 radical (unpaired) electrons. The summed E-state index contributed by atoms with van der Waals surface area (Å²) >= 11 is -0.237. The van der Waals surface area contributed by atoms with Crippen LogP contribution in [0.4, 0.5) is 13.2 Å². The van der Waals surface area contributed by atoms with Crippen LogP contribution in [0.1, 0.15) is 22.0 Å². The molecule has 0 nitrogen and oxygen atoms in total. The normalized spacial score (nSPS) is 13.2. The minimum atomic E-state index is -4.30. The molecule has 2 rings (SSSR count). The molecule has 1 atom stereocenters. The van der Waals surface area contributed by atoms with Crippen LogP contribution >= 0.6 is 0 Å². The molecule has 0 spiro atoms. The Bertz CT molecular complexity index is 576. The van der Waals surface area contributed by atoms with Crippen LogP contribution in [0.2, 0.25) is 4.97 Å². The second-order valence-electron chi connectivity index (χ2n) is 4.54. The second kappa shape index (κ2) is 6.20. The maximum atomic E-state index is 12.9. The van der Waals surface area contributed by atoms with Crippen molar-refractivity contribution in [2.45, 2.75) is 22.0 Å². The van der Waals surface area contributed by atoms with Gasteiger partial charge in [0.25, 0.3) is 0 Å². The Morgan fingerprint density at radius 3 is 2.20 bits per heavy atom. The Labute approximate surface area is 127 Å². The molecule has 2 aromatic carbocycles. The van der Waals surface area contributed by atoms with E-state index in [9.17, 15) is 13.2 Å². The molecule has 0 aliphatic heterocycles. The van der Waals surface area contributed by atoms with Crippen molar-refractivity contribution >= 4 is 20.9 Å². The Kier molecular flexibility index (Phi) is 4.78. The standard InChI is InChI=1S/C16H15F3Te/c1-11(20-2)14-9-8-13(16(17,18)19)10-15(14)12-6-4-3-5-7-12/h3-11H,1-2H3. The van der Waals surface area contributed by atoms with Gasteiger partial charge < -0.3 is 0 Å². The van der Waals surface area contributed by atoms with Crippen LogP contribution in [0.3, 0.4) is 0 Å². The van der Waals surface area contributed by atoms with Gasteiger partial charge in [-0.1, -0.05) is 0 Å². The van der Waals surface area contributed by atoms with Crippen LogP contribution in [0, 0.1) is 0 Å². The number of halogens is 3. The van der Waals surface area contributed by atoms with E-state index in [0.29, 0.717) is 9.53 Å². The summed E-state index contributed by atoms with van der Waals surface area (Å²) in [6.45, 7) is 2.09. The third-order valence-electron chi connectivity index (χ3n) is 3.26. The van der Waals surface area contributed by atoms with Crippen LogP contribution in [-0.4, -0.2) is 20.9 Å². The number of hydrogen-bond acceptors (Lipinski definition) is 0. The molecule has 0 saturated heterocycles. The van der Waals surface area contributed by atoms with Gasteiger partial charge in [0.1, 0.15) is 0 Å². The molecule has 0 aliphatic rings. The first-order chi connectivity index (χ1) is 9.43. The van der Waals surface area contributed by atoms with Gasteiger partial charge >= 0.3 is 127 Å². The summed E-state index contributed by atoms with van der Waals surface area (Å²) in [5.74, 6) is 0. The quantitative estimate of drug-likeness (QED) is 0.632. The van der Waals surface area contributed by atoms with Crippen LogP contribution in [-0.2, 0) is 6.18 Å². The zero-order valence-electron chi connectivity index (χ0n) is 11.2. The van der Waals surface area contributed by atoms with Crippen molar-refractivity contribution in [1.29, 1.82) is 0 Å². The van der Waals surface area contributed by atoms with Crippen LogP contribution < -0.4 is 0 Å². The maximum absolute atomic E-state index is 12.9. The molecule has 4 heteroatoms. The van der Waals surface area contributed by atoms with Crippen molar-refractivity contribution in [2.75, 3.05) is 0 Å². The van der Waals surface area contributed by atoms with E-state index in [2.05, 4.69) is 11.9 Å². The van der Waals surface area contributed by atoms with E-state index in [1.165, 1.54) is 12.1 Å². The number of hydrogen-bond donors (Lipinski definition) is 0. The van der Waals surface area contributed by atoms with Gasteiger partial charge in [0.15, 0.2) is 0 Å². The van der Waals surface area contributed by atoms with Gasteiger partial charge in [-0.15, -0.1) is 0 Å². The van der Waals surface area contributed by atoms with E-state index >= 15 is 0 Å². The van der Waals surface area contributed by atoms with E-state index in [-0.39, 0.29) is 20.9 Å². The number of benzene rings is 2. The van der Waals surface area contributed by atoms with Crippen LogP contribution in [0.5, 0.6) is 0 Å². The van der Waals surface area contributed by atoms with Gasteiger partial charge in [-0.05, 0) is 0 Å². The van der Waals surface area contributed by atoms with Crippen molar-refractivity contribution in [3.05, 3.63) is 59.7 Å². The summed E-state index contributed by atoms with van der Waals surface area (Å²) < 4.78 is 39.1. The summed E-state index contributed by atoms with van der Waals surface area (Å²) in [5.41, 5.74) is 2.00. The van der Waals surface area contributed by atoms with E-state index in [0.717, 1.165) is 11.1 Å². The third-order valence-corrected chi connectivity index (χ3v) is 6.00. The fraction of sp³-hybridized carbons (Fsp3) is 0.250. The molecular weight excluding hydrogens is 377 g/mol. The van der Waals surface area contributed by atoms with Gasteiger partial charge in [0.2, 0.25) is 0 Å². The predicted molar refractivity (Wildman–Crippen MR) is 76.9 cm³/mol. The van der Waals surface area contributed by atoms with Crippen molar-refractivity contribution in [3.8, 4) is 11.1 Å². The summed E-state index contributed by atoms with van der Waals surface area (Å²) in [6.07, 6.45) is -4.30. The van der Waals surface area contributed by atoms with Crippen LogP contribution in [0.25, 0.3) is 11.1 Å². The topological polar surface area (TPSA) is 0 Å². The van der Waals surface area contributed by atoms with Crippen molar-refractivity contribution in [3.63, 3.8) is 0 Å². The summed E-state index contributed by atoms with van der Waals surface area (Å²) in [5, 5.41) is 0. The average molecular weight is 392 g/mol. The van der Waals surface area contributed by atoms with Crippen molar-refractivity contribution in [2.24, 2.45) is 0 Å². The molecule has 0 aliphatic carbocycles. The monoisotopic (exact) mass is 394 g/mol. The molecule has 0 saturated carbocycles. The van der Waals surface area contributed by atoms with E-state index < -0.39 is 11.7 Å². The van der Waals surface area contributed by atoms with E-state index in [1.807, 2.05) is 30.3 Å². The Hall–Kier alpha value is -0.980. The van der Waals surface area contributed by atoms with Crippen LogP contribution in [0.15, 0.2) is 48.5 Å². The van der Waals surface area contributed by atoms with Gasteiger partial charge in [-0.2, -0.15) is 0 Å². The van der Waals surface area contributed by atoms with Crippen molar-refractivity contribution in [1.82, 2.24) is 0 Å². The first-order valence-corrected chi connectivity index (χ1v) is 9.90. The molecule has 0 heterocycles. The molecule has 0 amide bonds. The summed E-state index contributed by atoms with van der Waals surface area (Å²) in [7, 11) is 0. The average Bonchev–Trinajstić information content (AvgIpc) is 2.46. The molecule has 0 bridgehead atoms. The Balaban J connectivity index is 2.60. The van der Waals surface area contributed by atoms with E-state index in [4.69, 9.17) is 0 Å². The number of alkyl halides is 3. The second-order valence-corrected chi connectivity index (χ2v) is 7.91. The summed E-state index contributed by atoms with van der Waals surface area (Å²) in [4.78, 5) is 2.17. The molecule has 20 heavy (non-hydrogen) atoms. The number of rotatable bonds is 3. The molecule has 0 aromatic heterocycles. The van der Waals surface area contributed by atoms with Gasteiger partial charge in [0.05, 0.1) is 0 Å². The molecule has 2 aromatic rings. The van der Waals surface area contributed by atoms with E-state index in [1.54, 1.807) is 6.07 Å². The Morgan fingerprint density at radius 2 is 1.65 bits per heavy atom. The van der Waals surface area contributed by atoms with Crippen molar-refractivity contribution < 1.29 is 13.2 Å². The minimum absolute atomic E-state index is 0.237. The fourth-order valence-corrected chi connectivity index (χ4v) is 3.39. The first-order valence-electron chi connectivity index (χ1n) is 6.23. The zero-order valence-corrected chi connectivity index (χ0v) is 13.6. The molecule has 1 unspecified atom stereocenters. The molecule has 0 N–H and O–H groups in total. The Morgan fingerprint density at radius 1 is 1.00 bits per heavy atom.